The Hall–Kier alpha value is -2.10. The summed E-state index contributed by atoms with van der Waals surface area (Å²) >= 11 is 0. The molecule has 0 aliphatic carbocycles. The maximum absolute atomic E-state index is 7.17. The fraction of sp³-hybridized carbons (Fsp3) is 0. The zero-order chi connectivity index (χ0) is 9.97. The Morgan fingerprint density at radius 2 is 2.00 bits per heavy atom. The molecule has 0 aliphatic heterocycles. The van der Waals surface area contributed by atoms with E-state index in [1.54, 1.807) is 0 Å². The lowest BCUT2D eigenvalue weighted by Gasteiger charge is -1.91. The molecule has 0 saturated carbocycles. The van der Waals surface area contributed by atoms with Crippen LogP contribution in [0.25, 0.3) is 11.5 Å². The summed E-state index contributed by atoms with van der Waals surface area (Å²) < 4.78 is 5.18. The largest absolute Gasteiger partial charge is 0.444 e. The van der Waals surface area contributed by atoms with Gasteiger partial charge in [-0.25, -0.2) is 4.98 Å². The van der Waals surface area contributed by atoms with Crippen LogP contribution in [0, 0.1) is 5.41 Å². The topological polar surface area (TPSA) is 75.9 Å². The molecule has 2 rings (SSSR count). The molecule has 4 nitrogen and oxygen atoms in total. The van der Waals surface area contributed by atoms with Crippen molar-refractivity contribution in [3.05, 3.63) is 42.3 Å². The van der Waals surface area contributed by atoms with Crippen LogP contribution in [0.2, 0.25) is 0 Å². The van der Waals surface area contributed by atoms with Crippen molar-refractivity contribution in [2.45, 2.75) is 0 Å². The van der Waals surface area contributed by atoms with Crippen LogP contribution in [0.4, 0.5) is 0 Å². The summed E-state index contributed by atoms with van der Waals surface area (Å²) in [5.74, 6) is 0.395. The van der Waals surface area contributed by atoms with Crippen LogP contribution in [-0.2, 0) is 0 Å². The Balaban J connectivity index is 2.39. The molecule has 4 heteroatoms. The first-order chi connectivity index (χ1) is 6.77. The molecule has 0 aliphatic rings. The van der Waals surface area contributed by atoms with Crippen molar-refractivity contribution in [3.8, 4) is 11.5 Å². The normalized spacial score (nSPS) is 10.0. The number of benzene rings is 1. The molecule has 3 N–H and O–H groups in total. The van der Waals surface area contributed by atoms with Gasteiger partial charge >= 0.3 is 0 Å². The van der Waals surface area contributed by atoms with Crippen molar-refractivity contribution in [1.82, 2.24) is 4.98 Å². The van der Waals surface area contributed by atoms with E-state index in [9.17, 15) is 0 Å². The van der Waals surface area contributed by atoms with Crippen LogP contribution in [0.1, 0.15) is 5.69 Å². The predicted octanol–water partition coefficient (Wildman–Crippen LogP) is 1.63. The smallest absolute Gasteiger partial charge is 0.226 e. The van der Waals surface area contributed by atoms with Gasteiger partial charge in [-0.2, -0.15) is 0 Å². The van der Waals surface area contributed by atoms with Gasteiger partial charge in [-0.1, -0.05) is 18.2 Å². The maximum atomic E-state index is 7.17. The van der Waals surface area contributed by atoms with Gasteiger partial charge in [-0.15, -0.1) is 0 Å². The molecule has 0 atom stereocenters. The third-order valence-electron chi connectivity index (χ3n) is 1.80. The molecule has 0 bridgehead atoms. The van der Waals surface area contributed by atoms with Gasteiger partial charge in [-0.3, -0.25) is 5.41 Å². The van der Waals surface area contributed by atoms with Crippen molar-refractivity contribution >= 4 is 5.84 Å². The van der Waals surface area contributed by atoms with Crippen molar-refractivity contribution < 1.29 is 4.42 Å². The van der Waals surface area contributed by atoms with Crippen molar-refractivity contribution in [1.29, 1.82) is 5.41 Å². The van der Waals surface area contributed by atoms with Crippen LogP contribution in [0.3, 0.4) is 0 Å². The second-order valence-corrected chi connectivity index (χ2v) is 2.82. The minimum Gasteiger partial charge on any atom is -0.444 e. The van der Waals surface area contributed by atoms with Crippen molar-refractivity contribution in [2.24, 2.45) is 5.73 Å². The number of aromatic nitrogens is 1. The summed E-state index contributed by atoms with van der Waals surface area (Å²) in [7, 11) is 0. The molecule has 14 heavy (non-hydrogen) atoms. The number of nitrogens with one attached hydrogen (secondary N) is 1. The molecular formula is C10H9N3O. The molecule has 0 unspecified atom stereocenters. The molecule has 0 fully saturated rings. The van der Waals surface area contributed by atoms with Crippen LogP contribution in [0.5, 0.6) is 0 Å². The molecule has 70 valence electrons. The molecular weight excluding hydrogens is 178 g/mol. The molecule has 0 radical (unpaired) electrons. The van der Waals surface area contributed by atoms with Crippen LogP contribution >= 0.6 is 0 Å². The van der Waals surface area contributed by atoms with E-state index >= 15 is 0 Å². The number of nitrogens with two attached hydrogens (primary N) is 1. The van der Waals surface area contributed by atoms with E-state index in [0.29, 0.717) is 11.6 Å². The molecule has 0 amide bonds. The third-order valence-corrected chi connectivity index (χ3v) is 1.80. The predicted molar refractivity (Wildman–Crippen MR) is 53.0 cm³/mol. The SMILES string of the molecule is N=C(N)c1coc(-c2ccccc2)n1. The summed E-state index contributed by atoms with van der Waals surface area (Å²) in [5, 5.41) is 7.17. The summed E-state index contributed by atoms with van der Waals surface area (Å²) in [6, 6.07) is 9.48. The van der Waals surface area contributed by atoms with E-state index in [1.165, 1.54) is 6.26 Å². The van der Waals surface area contributed by atoms with E-state index in [1.807, 2.05) is 30.3 Å². The van der Waals surface area contributed by atoms with Gasteiger partial charge in [0.05, 0.1) is 0 Å². The second-order valence-electron chi connectivity index (χ2n) is 2.82. The van der Waals surface area contributed by atoms with E-state index in [2.05, 4.69) is 4.98 Å². The summed E-state index contributed by atoms with van der Waals surface area (Å²) in [6.07, 6.45) is 1.38. The molecule has 1 heterocycles. The molecule has 0 saturated heterocycles. The Labute approximate surface area is 80.9 Å². The monoisotopic (exact) mass is 187 g/mol. The molecule has 1 aromatic heterocycles. The zero-order valence-electron chi connectivity index (χ0n) is 7.40. The Bertz CT molecular complexity index is 447. The first kappa shape index (κ1) is 8.50. The van der Waals surface area contributed by atoms with Gasteiger partial charge in [-0.05, 0) is 12.1 Å². The quantitative estimate of drug-likeness (QED) is 0.554. The summed E-state index contributed by atoms with van der Waals surface area (Å²) in [4.78, 5) is 4.06. The number of oxazole rings is 1. The van der Waals surface area contributed by atoms with Gasteiger partial charge < -0.3 is 10.2 Å². The Morgan fingerprint density at radius 1 is 1.29 bits per heavy atom. The number of nitrogens with zero attached hydrogens (tertiary/aromatic N) is 1. The highest BCUT2D eigenvalue weighted by Crippen LogP contribution is 2.17. The van der Waals surface area contributed by atoms with Gasteiger partial charge in [0.25, 0.3) is 0 Å². The average Bonchev–Trinajstić information content (AvgIpc) is 2.68. The highest BCUT2D eigenvalue weighted by atomic mass is 16.3. The first-order valence-corrected chi connectivity index (χ1v) is 4.13. The highest BCUT2D eigenvalue weighted by molar-refractivity contribution is 5.93. The van der Waals surface area contributed by atoms with E-state index in [0.717, 1.165) is 5.56 Å². The Morgan fingerprint density at radius 3 is 2.57 bits per heavy atom. The lowest BCUT2D eigenvalue weighted by Crippen LogP contribution is -2.11. The van der Waals surface area contributed by atoms with Crippen molar-refractivity contribution in [2.75, 3.05) is 0 Å². The van der Waals surface area contributed by atoms with Crippen molar-refractivity contribution in [3.63, 3.8) is 0 Å². The lowest BCUT2D eigenvalue weighted by atomic mass is 10.2. The van der Waals surface area contributed by atoms with Gasteiger partial charge in [0, 0.05) is 5.56 Å². The highest BCUT2D eigenvalue weighted by Gasteiger charge is 2.07. The second kappa shape index (κ2) is 3.33. The lowest BCUT2D eigenvalue weighted by molar-refractivity contribution is 0.574. The first-order valence-electron chi connectivity index (χ1n) is 4.13. The van der Waals surface area contributed by atoms with Gasteiger partial charge in [0.15, 0.2) is 0 Å². The standard InChI is InChI=1S/C10H9N3O/c11-9(12)8-6-14-10(13-8)7-4-2-1-3-5-7/h1-6H,(H3,11,12). The minimum atomic E-state index is -0.0871. The maximum Gasteiger partial charge on any atom is 0.226 e. The fourth-order valence-electron chi connectivity index (χ4n) is 1.11. The Kier molecular flexibility index (Phi) is 2.02. The molecule has 0 spiro atoms. The number of hydrogen-bond acceptors (Lipinski definition) is 3. The van der Waals surface area contributed by atoms with Crippen LogP contribution in [-0.4, -0.2) is 10.8 Å². The third kappa shape index (κ3) is 1.50. The minimum absolute atomic E-state index is 0.0871. The molecule has 2 aromatic rings. The number of nitrogen functional groups attached to an aromatic ring is 1. The van der Waals surface area contributed by atoms with E-state index < -0.39 is 0 Å². The summed E-state index contributed by atoms with van der Waals surface area (Å²) in [5.41, 5.74) is 6.51. The zero-order valence-corrected chi connectivity index (χ0v) is 7.40. The van der Waals surface area contributed by atoms with E-state index in [-0.39, 0.29) is 5.84 Å². The summed E-state index contributed by atoms with van der Waals surface area (Å²) in [6.45, 7) is 0. The van der Waals surface area contributed by atoms with Gasteiger partial charge in [0.2, 0.25) is 5.89 Å². The van der Waals surface area contributed by atoms with Crippen LogP contribution < -0.4 is 5.73 Å². The molecule has 1 aromatic carbocycles. The average molecular weight is 187 g/mol. The van der Waals surface area contributed by atoms with Gasteiger partial charge in [0.1, 0.15) is 17.8 Å². The van der Waals surface area contributed by atoms with Crippen LogP contribution in [0.15, 0.2) is 41.0 Å². The number of hydrogen-bond donors (Lipinski definition) is 2. The number of rotatable bonds is 2. The fourth-order valence-corrected chi connectivity index (χ4v) is 1.11. The number of amidine groups is 1. The van der Waals surface area contributed by atoms with E-state index in [4.69, 9.17) is 15.6 Å².